The van der Waals surface area contributed by atoms with Crippen molar-refractivity contribution in [1.82, 2.24) is 4.98 Å². The van der Waals surface area contributed by atoms with Crippen molar-refractivity contribution in [3.05, 3.63) is 26.0 Å². The highest BCUT2D eigenvalue weighted by molar-refractivity contribution is 14.1. The van der Waals surface area contributed by atoms with E-state index in [0.717, 1.165) is 8.17 Å². The summed E-state index contributed by atoms with van der Waals surface area (Å²) in [5, 5.41) is 8.44. The predicted octanol–water partition coefficient (Wildman–Crippen LogP) is 2.32. The summed E-state index contributed by atoms with van der Waals surface area (Å²) in [7, 11) is 0. The molecular weight excluding hydrogens is 307 g/mol. The number of rotatable bonds is 0. The number of halogens is 2. The zero-order valence-corrected chi connectivity index (χ0v) is 8.55. The number of hydrogen-bond acceptors (Lipinski definition) is 2. The second kappa shape index (κ2) is 3.30. The summed E-state index contributed by atoms with van der Waals surface area (Å²) in [6.07, 6.45) is 1.55. The monoisotopic (exact) mass is 308 g/mol. The van der Waals surface area contributed by atoms with E-state index in [1.165, 1.54) is 0 Å². The summed E-state index contributed by atoms with van der Waals surface area (Å²) in [6.45, 7) is 0. The third-order valence-corrected chi connectivity index (χ3v) is 3.13. The van der Waals surface area contributed by atoms with Crippen LogP contribution >= 0.6 is 38.5 Å². The van der Waals surface area contributed by atoms with Crippen molar-refractivity contribution in [1.29, 1.82) is 5.26 Å². The zero-order valence-electron chi connectivity index (χ0n) is 4.81. The summed E-state index contributed by atoms with van der Waals surface area (Å²) in [5.74, 6) is 0. The minimum Gasteiger partial charge on any atom is -0.248 e. The molecule has 0 atom stereocenters. The van der Waals surface area contributed by atoms with E-state index in [9.17, 15) is 0 Å². The lowest BCUT2D eigenvalue weighted by Crippen LogP contribution is -1.83. The average Bonchev–Trinajstić information content (AvgIpc) is 1.95. The number of pyridine rings is 1. The maximum Gasteiger partial charge on any atom is 0.115 e. The zero-order chi connectivity index (χ0) is 7.56. The average molecular weight is 309 g/mol. The van der Waals surface area contributed by atoms with E-state index in [1.54, 1.807) is 12.3 Å². The number of nitrogens with zero attached hydrogens (tertiary/aromatic N) is 2. The van der Waals surface area contributed by atoms with Gasteiger partial charge in [-0.3, -0.25) is 0 Å². The Balaban J connectivity index is 3.20. The third-order valence-electron chi connectivity index (χ3n) is 0.925. The molecule has 0 radical (unpaired) electrons. The number of hydrogen-bond donors (Lipinski definition) is 0. The van der Waals surface area contributed by atoms with Crippen molar-refractivity contribution in [3.63, 3.8) is 0 Å². The Morgan fingerprint density at radius 3 is 2.90 bits per heavy atom. The van der Waals surface area contributed by atoms with Gasteiger partial charge in [-0.25, -0.2) is 4.98 Å². The van der Waals surface area contributed by atoms with Gasteiger partial charge in [-0.15, -0.1) is 0 Å². The van der Waals surface area contributed by atoms with Gasteiger partial charge >= 0.3 is 0 Å². The fraction of sp³-hybridized carbons (Fsp3) is 0. The maximum absolute atomic E-state index is 8.44. The van der Waals surface area contributed by atoms with Gasteiger partial charge in [0.15, 0.2) is 0 Å². The first-order valence-corrected chi connectivity index (χ1v) is 4.32. The highest BCUT2D eigenvalue weighted by atomic mass is 127. The molecule has 2 nitrogen and oxygen atoms in total. The Morgan fingerprint density at radius 2 is 2.40 bits per heavy atom. The fourth-order valence-corrected chi connectivity index (χ4v) is 1.13. The first kappa shape index (κ1) is 7.95. The van der Waals surface area contributed by atoms with Gasteiger partial charge in [-0.2, -0.15) is 5.26 Å². The molecular formula is C6H2BrIN2. The summed E-state index contributed by atoms with van der Waals surface area (Å²) in [6, 6.07) is 3.74. The minimum absolute atomic E-state index is 0.576. The molecule has 0 bridgehead atoms. The molecule has 4 heteroatoms. The van der Waals surface area contributed by atoms with Gasteiger partial charge < -0.3 is 0 Å². The lowest BCUT2D eigenvalue weighted by molar-refractivity contribution is 1.23. The van der Waals surface area contributed by atoms with Crippen LogP contribution in [0.3, 0.4) is 0 Å². The number of nitriles is 1. The molecule has 1 heterocycles. The van der Waals surface area contributed by atoms with Gasteiger partial charge in [0.25, 0.3) is 0 Å². The van der Waals surface area contributed by atoms with E-state index in [0.29, 0.717) is 5.56 Å². The standard InChI is InChI=1S/C6H2BrIN2/c7-5-1-4(2-9)3-10-6(5)8/h1,3H. The fourth-order valence-electron chi connectivity index (χ4n) is 0.482. The molecule has 1 rings (SSSR count). The van der Waals surface area contributed by atoms with Crippen molar-refractivity contribution in [2.75, 3.05) is 0 Å². The van der Waals surface area contributed by atoms with E-state index in [1.807, 2.05) is 6.07 Å². The molecule has 0 aromatic carbocycles. The van der Waals surface area contributed by atoms with Crippen LogP contribution in [0.4, 0.5) is 0 Å². The van der Waals surface area contributed by atoms with Gasteiger partial charge in [0, 0.05) is 6.20 Å². The smallest absolute Gasteiger partial charge is 0.115 e. The minimum atomic E-state index is 0.576. The van der Waals surface area contributed by atoms with Crippen molar-refractivity contribution in [2.24, 2.45) is 0 Å². The van der Waals surface area contributed by atoms with E-state index in [-0.39, 0.29) is 0 Å². The van der Waals surface area contributed by atoms with Crippen molar-refractivity contribution in [3.8, 4) is 6.07 Å². The molecule has 1 aromatic heterocycles. The SMILES string of the molecule is N#Cc1cnc(I)c(Br)c1. The first-order valence-electron chi connectivity index (χ1n) is 2.45. The normalized spacial score (nSPS) is 8.90. The van der Waals surface area contributed by atoms with Crippen molar-refractivity contribution >= 4 is 38.5 Å². The van der Waals surface area contributed by atoms with Crippen LogP contribution < -0.4 is 0 Å². The molecule has 0 spiro atoms. The summed E-state index contributed by atoms with van der Waals surface area (Å²) in [5.41, 5.74) is 0.576. The highest BCUT2D eigenvalue weighted by Crippen LogP contribution is 2.16. The lowest BCUT2D eigenvalue weighted by Gasteiger charge is -1.92. The van der Waals surface area contributed by atoms with Crippen LogP contribution in [-0.4, -0.2) is 4.98 Å². The Labute approximate surface area is 80.5 Å². The molecule has 10 heavy (non-hydrogen) atoms. The molecule has 0 aliphatic rings. The van der Waals surface area contributed by atoms with E-state index >= 15 is 0 Å². The second-order valence-electron chi connectivity index (χ2n) is 1.61. The molecule has 1 aromatic rings. The largest absolute Gasteiger partial charge is 0.248 e. The Bertz CT molecular complexity index is 292. The van der Waals surface area contributed by atoms with E-state index in [4.69, 9.17) is 5.26 Å². The highest BCUT2D eigenvalue weighted by Gasteiger charge is 1.97. The summed E-state index contributed by atoms with van der Waals surface area (Å²) >= 11 is 5.36. The van der Waals surface area contributed by atoms with Crippen molar-refractivity contribution in [2.45, 2.75) is 0 Å². The van der Waals surface area contributed by atoms with Crippen LogP contribution in [0.25, 0.3) is 0 Å². The molecule has 0 N–H and O–H groups in total. The van der Waals surface area contributed by atoms with Gasteiger partial charge in [0.05, 0.1) is 10.0 Å². The molecule has 50 valence electrons. The molecule has 0 saturated carbocycles. The lowest BCUT2D eigenvalue weighted by atomic mass is 10.3. The quantitative estimate of drug-likeness (QED) is 0.545. The van der Waals surface area contributed by atoms with Gasteiger partial charge in [0.2, 0.25) is 0 Å². The molecule has 0 fully saturated rings. The van der Waals surface area contributed by atoms with Crippen LogP contribution in [0.2, 0.25) is 0 Å². The van der Waals surface area contributed by atoms with Gasteiger partial charge in [0.1, 0.15) is 9.77 Å². The third kappa shape index (κ3) is 1.67. The van der Waals surface area contributed by atoms with Gasteiger partial charge in [-0.05, 0) is 44.6 Å². The van der Waals surface area contributed by atoms with Crippen LogP contribution in [0.15, 0.2) is 16.7 Å². The molecule has 0 saturated heterocycles. The Hall–Kier alpha value is -0.150. The molecule has 0 aliphatic heterocycles. The predicted molar refractivity (Wildman–Crippen MR) is 49.4 cm³/mol. The molecule has 0 aliphatic carbocycles. The van der Waals surface area contributed by atoms with Crippen LogP contribution in [-0.2, 0) is 0 Å². The second-order valence-corrected chi connectivity index (χ2v) is 3.48. The van der Waals surface area contributed by atoms with Crippen LogP contribution in [0.1, 0.15) is 5.56 Å². The van der Waals surface area contributed by atoms with E-state index in [2.05, 4.69) is 43.5 Å². The van der Waals surface area contributed by atoms with E-state index < -0.39 is 0 Å². The topological polar surface area (TPSA) is 36.7 Å². The van der Waals surface area contributed by atoms with Crippen LogP contribution in [0, 0.1) is 15.0 Å². The number of aromatic nitrogens is 1. The first-order chi connectivity index (χ1) is 4.74. The maximum atomic E-state index is 8.44. The molecule has 0 amide bonds. The summed E-state index contributed by atoms with van der Waals surface area (Å²) in [4.78, 5) is 3.97. The Morgan fingerprint density at radius 1 is 1.70 bits per heavy atom. The van der Waals surface area contributed by atoms with Crippen molar-refractivity contribution < 1.29 is 0 Å². The Kier molecular flexibility index (Phi) is 2.63. The molecule has 0 unspecified atom stereocenters. The van der Waals surface area contributed by atoms with Gasteiger partial charge in [-0.1, -0.05) is 0 Å². The van der Waals surface area contributed by atoms with Crippen LogP contribution in [0.5, 0.6) is 0 Å². The summed E-state index contributed by atoms with van der Waals surface area (Å²) < 4.78 is 1.74.